The van der Waals surface area contributed by atoms with Gasteiger partial charge in [-0.25, -0.2) is 4.98 Å². The molecule has 0 aliphatic rings. The highest BCUT2D eigenvalue weighted by molar-refractivity contribution is 5.70. The standard InChI is InChI=1S/C9H13N5O4/c1-2-3-18-9(16,17)7-11-4-5(12-7)13-8(10)14-6(4)15/h16-17H,2-3H2,1H3,(H4,10,11,12,13,14,15). The first-order valence-electron chi connectivity index (χ1n) is 5.28. The van der Waals surface area contributed by atoms with Gasteiger partial charge in [-0.1, -0.05) is 6.92 Å². The zero-order valence-electron chi connectivity index (χ0n) is 9.60. The Labute approximate surface area is 101 Å². The molecule has 0 saturated heterocycles. The van der Waals surface area contributed by atoms with Crippen molar-refractivity contribution in [3.8, 4) is 0 Å². The van der Waals surface area contributed by atoms with Gasteiger partial charge in [-0.05, 0) is 6.42 Å². The van der Waals surface area contributed by atoms with Crippen LogP contribution in [0.1, 0.15) is 19.2 Å². The highest BCUT2D eigenvalue weighted by atomic mass is 16.8. The molecule has 0 bridgehead atoms. The van der Waals surface area contributed by atoms with Gasteiger partial charge >= 0.3 is 5.97 Å². The van der Waals surface area contributed by atoms with Gasteiger partial charge in [-0.2, -0.15) is 4.98 Å². The second kappa shape index (κ2) is 4.37. The van der Waals surface area contributed by atoms with Crippen molar-refractivity contribution in [3.63, 3.8) is 0 Å². The lowest BCUT2D eigenvalue weighted by atomic mass is 10.5. The predicted molar refractivity (Wildman–Crippen MR) is 61.3 cm³/mol. The molecule has 0 aliphatic heterocycles. The van der Waals surface area contributed by atoms with E-state index >= 15 is 0 Å². The summed E-state index contributed by atoms with van der Waals surface area (Å²) in [5.74, 6) is -3.03. The third kappa shape index (κ3) is 2.18. The van der Waals surface area contributed by atoms with Crippen LogP contribution in [0.4, 0.5) is 5.95 Å². The number of aromatic nitrogens is 4. The summed E-state index contributed by atoms with van der Waals surface area (Å²) in [4.78, 5) is 23.7. The van der Waals surface area contributed by atoms with Crippen LogP contribution in [0.3, 0.4) is 0 Å². The molecule has 0 spiro atoms. The number of rotatable bonds is 4. The smallest absolute Gasteiger partial charge is 0.341 e. The van der Waals surface area contributed by atoms with Crippen LogP contribution in [0.15, 0.2) is 4.79 Å². The molecule has 0 fully saturated rings. The molecular weight excluding hydrogens is 242 g/mol. The first-order valence-corrected chi connectivity index (χ1v) is 5.28. The van der Waals surface area contributed by atoms with Gasteiger partial charge in [0, 0.05) is 0 Å². The number of nitrogen functional groups attached to an aromatic ring is 1. The lowest BCUT2D eigenvalue weighted by Gasteiger charge is -2.18. The summed E-state index contributed by atoms with van der Waals surface area (Å²) in [6.45, 7) is 1.93. The molecule has 2 rings (SSSR count). The van der Waals surface area contributed by atoms with Crippen molar-refractivity contribution in [2.75, 3.05) is 12.3 Å². The van der Waals surface area contributed by atoms with E-state index in [1.807, 2.05) is 6.92 Å². The van der Waals surface area contributed by atoms with E-state index in [0.29, 0.717) is 6.42 Å². The van der Waals surface area contributed by atoms with Crippen molar-refractivity contribution < 1.29 is 14.9 Å². The molecule has 9 nitrogen and oxygen atoms in total. The Kier molecular flexibility index (Phi) is 3.03. The molecule has 0 unspecified atom stereocenters. The topological polar surface area (TPSA) is 150 Å². The maximum absolute atomic E-state index is 11.5. The fourth-order valence-electron chi connectivity index (χ4n) is 1.39. The lowest BCUT2D eigenvalue weighted by Crippen LogP contribution is -2.30. The van der Waals surface area contributed by atoms with Gasteiger partial charge in [-0.15, -0.1) is 0 Å². The number of nitrogens with zero attached hydrogens (tertiary/aromatic N) is 2. The third-order valence-corrected chi connectivity index (χ3v) is 2.20. The maximum Gasteiger partial charge on any atom is 0.341 e. The second-order valence-corrected chi connectivity index (χ2v) is 3.69. The van der Waals surface area contributed by atoms with Gasteiger partial charge in [0.1, 0.15) is 0 Å². The summed E-state index contributed by atoms with van der Waals surface area (Å²) in [5.41, 5.74) is 4.77. The minimum Gasteiger partial charge on any atom is -0.369 e. The van der Waals surface area contributed by atoms with E-state index in [0.717, 1.165) is 0 Å². The van der Waals surface area contributed by atoms with Crippen LogP contribution in [0.2, 0.25) is 0 Å². The number of hydrogen-bond acceptors (Lipinski definition) is 7. The number of aromatic amines is 2. The van der Waals surface area contributed by atoms with Gasteiger partial charge in [0.15, 0.2) is 17.0 Å². The summed E-state index contributed by atoms with van der Waals surface area (Å²) in [7, 11) is 0. The molecule has 98 valence electrons. The Hall–Kier alpha value is -1.97. The van der Waals surface area contributed by atoms with Crippen LogP contribution >= 0.6 is 0 Å². The van der Waals surface area contributed by atoms with E-state index in [9.17, 15) is 15.0 Å². The summed E-state index contributed by atoms with van der Waals surface area (Å²) in [6.07, 6.45) is 0.592. The maximum atomic E-state index is 11.5. The molecule has 0 aliphatic carbocycles. The number of hydrogen-bond donors (Lipinski definition) is 5. The third-order valence-electron chi connectivity index (χ3n) is 2.20. The number of nitrogens with one attached hydrogen (secondary N) is 2. The van der Waals surface area contributed by atoms with Gasteiger partial charge in [0.2, 0.25) is 5.95 Å². The molecule has 0 amide bonds. The monoisotopic (exact) mass is 255 g/mol. The molecule has 0 saturated carbocycles. The van der Waals surface area contributed by atoms with E-state index in [1.165, 1.54) is 0 Å². The van der Waals surface area contributed by atoms with E-state index < -0.39 is 11.5 Å². The normalized spacial score (nSPS) is 12.2. The van der Waals surface area contributed by atoms with Gasteiger partial charge in [0.05, 0.1) is 6.61 Å². The predicted octanol–water partition coefficient (Wildman–Crippen LogP) is -1.25. The van der Waals surface area contributed by atoms with E-state index in [2.05, 4.69) is 19.9 Å². The lowest BCUT2D eigenvalue weighted by molar-refractivity contribution is -0.354. The molecule has 2 aromatic heterocycles. The average Bonchev–Trinajstić information content (AvgIpc) is 2.71. The Morgan fingerprint density at radius 2 is 2.11 bits per heavy atom. The van der Waals surface area contributed by atoms with Crippen LogP contribution in [0, 0.1) is 0 Å². The van der Waals surface area contributed by atoms with Crippen molar-refractivity contribution in [3.05, 3.63) is 16.2 Å². The fraction of sp³-hybridized carbons (Fsp3) is 0.444. The molecule has 9 heteroatoms. The molecule has 18 heavy (non-hydrogen) atoms. The molecule has 0 atom stereocenters. The molecule has 0 aromatic carbocycles. The zero-order chi connectivity index (χ0) is 13.3. The summed E-state index contributed by atoms with van der Waals surface area (Å²) in [5, 5.41) is 19.3. The van der Waals surface area contributed by atoms with E-state index in [1.54, 1.807) is 0 Å². The number of ether oxygens (including phenoxy) is 1. The highest BCUT2D eigenvalue weighted by Crippen LogP contribution is 2.18. The van der Waals surface area contributed by atoms with Crippen molar-refractivity contribution in [2.24, 2.45) is 0 Å². The van der Waals surface area contributed by atoms with Crippen LogP contribution in [0.5, 0.6) is 0 Å². The molecule has 2 aromatic rings. The minimum atomic E-state index is -2.60. The number of aliphatic hydroxyl groups is 2. The van der Waals surface area contributed by atoms with Crippen molar-refractivity contribution in [2.45, 2.75) is 19.3 Å². The van der Waals surface area contributed by atoms with Crippen LogP contribution in [-0.2, 0) is 10.7 Å². The van der Waals surface area contributed by atoms with Gasteiger partial charge in [0.25, 0.3) is 5.56 Å². The number of anilines is 1. The van der Waals surface area contributed by atoms with Crippen molar-refractivity contribution >= 4 is 17.1 Å². The zero-order valence-corrected chi connectivity index (χ0v) is 9.60. The second-order valence-electron chi connectivity index (χ2n) is 3.69. The Balaban J connectivity index is 2.47. The molecule has 0 radical (unpaired) electrons. The van der Waals surface area contributed by atoms with Gasteiger partial charge in [-0.3, -0.25) is 9.78 Å². The first kappa shape index (κ1) is 12.5. The summed E-state index contributed by atoms with van der Waals surface area (Å²) < 4.78 is 4.81. The largest absolute Gasteiger partial charge is 0.369 e. The Morgan fingerprint density at radius 3 is 2.78 bits per heavy atom. The Bertz CT molecular complexity index is 617. The van der Waals surface area contributed by atoms with E-state index in [-0.39, 0.29) is 29.5 Å². The highest BCUT2D eigenvalue weighted by Gasteiger charge is 2.31. The molecule has 6 N–H and O–H groups in total. The molecule has 2 heterocycles. The SMILES string of the molecule is CCCOC(O)(O)c1nc2nc(N)[nH]c(=O)c2[nH]1. The molecular formula is C9H13N5O4. The summed E-state index contributed by atoms with van der Waals surface area (Å²) >= 11 is 0. The number of nitrogens with two attached hydrogens (primary N) is 1. The quantitative estimate of drug-likeness (QED) is 0.428. The summed E-state index contributed by atoms with van der Waals surface area (Å²) in [6, 6.07) is 0. The van der Waals surface area contributed by atoms with Crippen molar-refractivity contribution in [1.29, 1.82) is 0 Å². The van der Waals surface area contributed by atoms with E-state index in [4.69, 9.17) is 10.5 Å². The number of H-pyrrole nitrogens is 2. The fourth-order valence-corrected chi connectivity index (χ4v) is 1.39. The van der Waals surface area contributed by atoms with Gasteiger partial charge < -0.3 is 25.7 Å². The van der Waals surface area contributed by atoms with Crippen molar-refractivity contribution in [1.82, 2.24) is 19.9 Å². The Morgan fingerprint density at radius 1 is 1.39 bits per heavy atom. The van der Waals surface area contributed by atoms with Crippen LogP contribution in [0.25, 0.3) is 11.2 Å². The number of fused-ring (bicyclic) bond motifs is 1. The number of imidazole rings is 1. The average molecular weight is 255 g/mol. The van der Waals surface area contributed by atoms with Crippen LogP contribution < -0.4 is 11.3 Å². The first-order chi connectivity index (χ1) is 8.44. The minimum absolute atomic E-state index is 0.00762. The van der Waals surface area contributed by atoms with Crippen LogP contribution in [-0.4, -0.2) is 36.8 Å².